The van der Waals surface area contributed by atoms with Crippen LogP contribution in [0.15, 0.2) is 24.3 Å². The van der Waals surface area contributed by atoms with E-state index in [1.807, 2.05) is 19.2 Å². The third-order valence-electron chi connectivity index (χ3n) is 3.81. The van der Waals surface area contributed by atoms with Crippen molar-refractivity contribution in [3.63, 3.8) is 0 Å². The van der Waals surface area contributed by atoms with E-state index >= 15 is 0 Å². The van der Waals surface area contributed by atoms with Crippen LogP contribution in [0.1, 0.15) is 24.8 Å². The molecule has 0 spiro atoms. The average molecular weight is 236 g/mol. The molecule has 0 saturated heterocycles. The summed E-state index contributed by atoms with van der Waals surface area (Å²) in [6.45, 7) is 0.702. The Balaban J connectivity index is 1.94. The van der Waals surface area contributed by atoms with Gasteiger partial charge in [0.15, 0.2) is 0 Å². The Hall–Kier alpha value is -0.930. The Labute approximate surface area is 103 Å². The van der Waals surface area contributed by atoms with Crippen molar-refractivity contribution in [1.29, 1.82) is 0 Å². The molecule has 2 nitrogen and oxygen atoms in total. The summed E-state index contributed by atoms with van der Waals surface area (Å²) >= 11 is 0. The molecule has 2 unspecified atom stereocenters. The SMILES string of the molecule is CNC1CCC(N(C)Cc2ccccc2F)C1. The van der Waals surface area contributed by atoms with Gasteiger partial charge >= 0.3 is 0 Å². The summed E-state index contributed by atoms with van der Waals surface area (Å²) in [7, 11) is 4.11. The minimum absolute atomic E-state index is 0.0949. The summed E-state index contributed by atoms with van der Waals surface area (Å²) in [6, 6.07) is 8.25. The van der Waals surface area contributed by atoms with E-state index in [1.165, 1.54) is 25.3 Å². The number of hydrogen-bond donors (Lipinski definition) is 1. The van der Waals surface area contributed by atoms with Crippen LogP contribution in [-0.2, 0) is 6.54 Å². The molecule has 0 aromatic heterocycles. The molecule has 3 heteroatoms. The lowest BCUT2D eigenvalue weighted by Crippen LogP contribution is -2.31. The predicted molar refractivity (Wildman–Crippen MR) is 68.4 cm³/mol. The zero-order chi connectivity index (χ0) is 12.3. The Bertz CT molecular complexity index is 367. The van der Waals surface area contributed by atoms with Gasteiger partial charge in [-0.1, -0.05) is 18.2 Å². The van der Waals surface area contributed by atoms with Crippen LogP contribution in [0.3, 0.4) is 0 Å². The van der Waals surface area contributed by atoms with Gasteiger partial charge < -0.3 is 5.32 Å². The first-order valence-electron chi connectivity index (χ1n) is 6.31. The van der Waals surface area contributed by atoms with E-state index in [0.717, 1.165) is 5.56 Å². The van der Waals surface area contributed by atoms with Crippen molar-refractivity contribution in [3.05, 3.63) is 35.6 Å². The smallest absolute Gasteiger partial charge is 0.127 e. The number of rotatable bonds is 4. The summed E-state index contributed by atoms with van der Waals surface area (Å²) in [6.07, 6.45) is 3.60. The molecule has 1 aliphatic rings. The highest BCUT2D eigenvalue weighted by atomic mass is 19.1. The molecule has 2 rings (SSSR count). The molecule has 1 saturated carbocycles. The molecule has 0 amide bonds. The summed E-state index contributed by atoms with van der Waals surface area (Å²) in [5.41, 5.74) is 0.794. The van der Waals surface area contributed by atoms with Crippen molar-refractivity contribution in [2.45, 2.75) is 37.9 Å². The second-order valence-electron chi connectivity index (χ2n) is 4.96. The van der Waals surface area contributed by atoms with Crippen LogP contribution in [0, 0.1) is 5.82 Å². The van der Waals surface area contributed by atoms with Crippen molar-refractivity contribution in [1.82, 2.24) is 10.2 Å². The fourth-order valence-electron chi connectivity index (χ4n) is 2.64. The molecular weight excluding hydrogens is 215 g/mol. The molecular formula is C14H21FN2. The Morgan fingerprint density at radius 2 is 2.12 bits per heavy atom. The quantitative estimate of drug-likeness (QED) is 0.863. The molecule has 0 aliphatic heterocycles. The number of hydrogen-bond acceptors (Lipinski definition) is 2. The van der Waals surface area contributed by atoms with Gasteiger partial charge in [0, 0.05) is 24.2 Å². The fourth-order valence-corrected chi connectivity index (χ4v) is 2.64. The molecule has 1 aliphatic carbocycles. The standard InChI is InChI=1S/C14H21FN2/c1-16-12-7-8-13(9-12)17(2)10-11-5-3-4-6-14(11)15/h3-6,12-13,16H,7-10H2,1-2H3. The van der Waals surface area contributed by atoms with Crippen LogP contribution in [0.4, 0.5) is 4.39 Å². The van der Waals surface area contributed by atoms with Gasteiger partial charge in [-0.05, 0) is 39.4 Å². The minimum atomic E-state index is -0.0949. The van der Waals surface area contributed by atoms with Crippen LogP contribution < -0.4 is 5.32 Å². The summed E-state index contributed by atoms with van der Waals surface area (Å²) in [4.78, 5) is 2.27. The molecule has 0 radical (unpaired) electrons. The monoisotopic (exact) mass is 236 g/mol. The lowest BCUT2D eigenvalue weighted by atomic mass is 10.1. The molecule has 94 valence electrons. The van der Waals surface area contributed by atoms with Crippen LogP contribution >= 0.6 is 0 Å². The van der Waals surface area contributed by atoms with E-state index < -0.39 is 0 Å². The van der Waals surface area contributed by atoms with E-state index in [4.69, 9.17) is 0 Å². The van der Waals surface area contributed by atoms with Crippen LogP contribution in [0.25, 0.3) is 0 Å². The van der Waals surface area contributed by atoms with Gasteiger partial charge in [-0.3, -0.25) is 4.90 Å². The van der Waals surface area contributed by atoms with Gasteiger partial charge in [0.05, 0.1) is 0 Å². The van der Waals surface area contributed by atoms with Crippen molar-refractivity contribution in [2.24, 2.45) is 0 Å². The van der Waals surface area contributed by atoms with Gasteiger partial charge in [0.25, 0.3) is 0 Å². The highest BCUT2D eigenvalue weighted by Crippen LogP contribution is 2.24. The van der Waals surface area contributed by atoms with Gasteiger partial charge in [0.1, 0.15) is 5.82 Å². The third kappa shape index (κ3) is 3.05. The van der Waals surface area contributed by atoms with Crippen LogP contribution in [0.5, 0.6) is 0 Å². The van der Waals surface area contributed by atoms with Gasteiger partial charge in [-0.25, -0.2) is 4.39 Å². The first-order chi connectivity index (χ1) is 8.20. The largest absolute Gasteiger partial charge is 0.317 e. The number of halogens is 1. The van der Waals surface area contributed by atoms with E-state index in [2.05, 4.69) is 17.3 Å². The number of nitrogens with zero attached hydrogens (tertiary/aromatic N) is 1. The van der Waals surface area contributed by atoms with E-state index in [9.17, 15) is 4.39 Å². The fraction of sp³-hybridized carbons (Fsp3) is 0.571. The molecule has 17 heavy (non-hydrogen) atoms. The Morgan fingerprint density at radius 3 is 2.76 bits per heavy atom. The topological polar surface area (TPSA) is 15.3 Å². The van der Waals surface area contributed by atoms with E-state index in [-0.39, 0.29) is 5.82 Å². The molecule has 1 aromatic rings. The molecule has 1 aromatic carbocycles. The minimum Gasteiger partial charge on any atom is -0.317 e. The third-order valence-corrected chi connectivity index (χ3v) is 3.81. The van der Waals surface area contributed by atoms with E-state index in [0.29, 0.717) is 18.6 Å². The average Bonchev–Trinajstić information content (AvgIpc) is 2.81. The zero-order valence-corrected chi connectivity index (χ0v) is 10.6. The van der Waals surface area contributed by atoms with Crippen molar-refractivity contribution in [2.75, 3.05) is 14.1 Å². The normalized spacial score (nSPS) is 24.5. The van der Waals surface area contributed by atoms with Gasteiger partial charge in [0.2, 0.25) is 0 Å². The Morgan fingerprint density at radius 1 is 1.35 bits per heavy atom. The maximum absolute atomic E-state index is 13.5. The molecule has 1 N–H and O–H groups in total. The summed E-state index contributed by atoms with van der Waals surface area (Å²) in [5, 5.41) is 3.32. The van der Waals surface area contributed by atoms with Gasteiger partial charge in [-0.2, -0.15) is 0 Å². The maximum atomic E-state index is 13.5. The molecule has 0 heterocycles. The lowest BCUT2D eigenvalue weighted by Gasteiger charge is -2.24. The van der Waals surface area contributed by atoms with Crippen molar-refractivity contribution in [3.8, 4) is 0 Å². The zero-order valence-electron chi connectivity index (χ0n) is 10.6. The Kier molecular flexibility index (Phi) is 4.13. The van der Waals surface area contributed by atoms with Crippen LogP contribution in [0.2, 0.25) is 0 Å². The van der Waals surface area contributed by atoms with E-state index in [1.54, 1.807) is 6.07 Å². The van der Waals surface area contributed by atoms with Crippen molar-refractivity contribution < 1.29 is 4.39 Å². The molecule has 0 bridgehead atoms. The number of benzene rings is 1. The lowest BCUT2D eigenvalue weighted by molar-refractivity contribution is 0.231. The molecule has 2 atom stereocenters. The van der Waals surface area contributed by atoms with Crippen molar-refractivity contribution >= 4 is 0 Å². The van der Waals surface area contributed by atoms with Crippen LogP contribution in [-0.4, -0.2) is 31.1 Å². The highest BCUT2D eigenvalue weighted by molar-refractivity contribution is 5.17. The molecule has 1 fully saturated rings. The maximum Gasteiger partial charge on any atom is 0.127 e. The first-order valence-corrected chi connectivity index (χ1v) is 6.31. The second kappa shape index (κ2) is 5.61. The second-order valence-corrected chi connectivity index (χ2v) is 4.96. The summed E-state index contributed by atoms with van der Waals surface area (Å²) in [5.74, 6) is -0.0949. The number of nitrogens with one attached hydrogen (secondary N) is 1. The van der Waals surface area contributed by atoms with Gasteiger partial charge in [-0.15, -0.1) is 0 Å². The first kappa shape index (κ1) is 12.5. The highest BCUT2D eigenvalue weighted by Gasteiger charge is 2.26. The summed E-state index contributed by atoms with van der Waals surface area (Å²) < 4.78 is 13.5. The predicted octanol–water partition coefficient (Wildman–Crippen LogP) is 2.40.